The number of nitro groups is 1. The number of hydrogen-bond acceptors (Lipinski definition) is 6. The quantitative estimate of drug-likeness (QED) is 0.500. The molecule has 1 aromatic rings. The van der Waals surface area contributed by atoms with Crippen molar-refractivity contribution >= 4 is 33.4 Å². The average Bonchev–Trinajstić information content (AvgIpc) is 2.58. The highest BCUT2D eigenvalue weighted by molar-refractivity contribution is 9.10. The van der Waals surface area contributed by atoms with E-state index in [-0.39, 0.29) is 30.7 Å². The fourth-order valence-electron chi connectivity index (χ4n) is 3.32. The maximum absolute atomic E-state index is 13.8. The van der Waals surface area contributed by atoms with Gasteiger partial charge in [0.1, 0.15) is 16.9 Å². The number of amides is 1. The van der Waals surface area contributed by atoms with E-state index in [2.05, 4.69) is 21.2 Å². The van der Waals surface area contributed by atoms with Gasteiger partial charge in [0.25, 0.3) is 5.69 Å². The SMILES string of the molecule is CNC[C@H]1CN(c2c([N+](=O)[O-])ccc(Br)c2C(F)(F)F)CCN1C(=O)OC(C)(C)C. The molecular weight excluding hydrogens is 473 g/mol. The minimum Gasteiger partial charge on any atom is -0.444 e. The first-order chi connectivity index (χ1) is 13.8. The molecule has 0 saturated carbocycles. The van der Waals surface area contributed by atoms with E-state index in [9.17, 15) is 28.1 Å². The fraction of sp³-hybridized carbons (Fsp3) is 0.611. The van der Waals surface area contributed by atoms with Crippen LogP contribution in [-0.4, -0.2) is 60.8 Å². The molecule has 0 radical (unpaired) electrons. The van der Waals surface area contributed by atoms with Crippen LogP contribution >= 0.6 is 15.9 Å². The van der Waals surface area contributed by atoms with Gasteiger partial charge in [-0.25, -0.2) is 4.79 Å². The highest BCUT2D eigenvalue weighted by Crippen LogP contribution is 2.46. The summed E-state index contributed by atoms with van der Waals surface area (Å²) in [5, 5.41) is 14.4. The van der Waals surface area contributed by atoms with Crippen LogP contribution in [0.3, 0.4) is 0 Å². The lowest BCUT2D eigenvalue weighted by molar-refractivity contribution is -0.384. The predicted octanol–water partition coefficient (Wildman–Crippen LogP) is 4.02. The number of carbonyl (C=O) groups is 1. The van der Waals surface area contributed by atoms with Crippen molar-refractivity contribution in [3.05, 3.63) is 32.3 Å². The number of nitro benzene ring substituents is 1. The first kappa shape index (κ1) is 24.2. The molecule has 0 aliphatic carbocycles. The summed E-state index contributed by atoms with van der Waals surface area (Å²) in [6.45, 7) is 5.44. The molecule has 1 heterocycles. The number of nitrogens with one attached hydrogen (secondary N) is 1. The third kappa shape index (κ3) is 5.54. The Kier molecular flexibility index (Phi) is 7.23. The van der Waals surface area contributed by atoms with Gasteiger partial charge in [-0.05, 0) is 33.9 Å². The molecule has 1 atom stereocenters. The summed E-state index contributed by atoms with van der Waals surface area (Å²) in [7, 11) is 1.65. The number of piperazine rings is 1. The lowest BCUT2D eigenvalue weighted by Crippen LogP contribution is -2.59. The first-order valence-electron chi connectivity index (χ1n) is 9.19. The van der Waals surface area contributed by atoms with Crippen LogP contribution in [0.1, 0.15) is 26.3 Å². The van der Waals surface area contributed by atoms with Gasteiger partial charge >= 0.3 is 12.3 Å². The van der Waals surface area contributed by atoms with Gasteiger partial charge in [-0.15, -0.1) is 0 Å². The maximum Gasteiger partial charge on any atom is 0.419 e. The van der Waals surface area contributed by atoms with E-state index in [1.54, 1.807) is 27.8 Å². The van der Waals surface area contributed by atoms with Gasteiger partial charge in [0.2, 0.25) is 0 Å². The van der Waals surface area contributed by atoms with E-state index in [0.717, 1.165) is 12.1 Å². The molecular formula is C18H24BrF3N4O4. The van der Waals surface area contributed by atoms with E-state index < -0.39 is 45.8 Å². The average molecular weight is 497 g/mol. The van der Waals surface area contributed by atoms with Gasteiger partial charge in [0, 0.05) is 36.7 Å². The largest absolute Gasteiger partial charge is 0.444 e. The second-order valence-electron chi connectivity index (χ2n) is 7.88. The van der Waals surface area contributed by atoms with Crippen molar-refractivity contribution in [2.24, 2.45) is 0 Å². The Labute approximate surface area is 180 Å². The number of carbonyl (C=O) groups excluding carboxylic acids is 1. The van der Waals surface area contributed by atoms with Gasteiger partial charge in [-0.2, -0.15) is 13.2 Å². The molecule has 1 N–H and O–H groups in total. The smallest absolute Gasteiger partial charge is 0.419 e. The van der Waals surface area contributed by atoms with Crippen LogP contribution in [0.25, 0.3) is 0 Å². The highest BCUT2D eigenvalue weighted by atomic mass is 79.9. The summed E-state index contributed by atoms with van der Waals surface area (Å²) < 4.78 is 46.4. The van der Waals surface area contributed by atoms with Crippen LogP contribution in [0.5, 0.6) is 0 Å². The third-order valence-corrected chi connectivity index (χ3v) is 5.11. The number of alkyl halides is 3. The van der Waals surface area contributed by atoms with E-state index in [0.29, 0.717) is 0 Å². The minimum atomic E-state index is -4.80. The van der Waals surface area contributed by atoms with E-state index in [1.807, 2.05) is 0 Å². The molecule has 1 aromatic carbocycles. The van der Waals surface area contributed by atoms with E-state index >= 15 is 0 Å². The van der Waals surface area contributed by atoms with Crippen LogP contribution in [0.15, 0.2) is 16.6 Å². The number of likely N-dealkylation sites (N-methyl/N-ethyl adjacent to an activating group) is 1. The number of ether oxygens (including phenoxy) is 1. The summed E-state index contributed by atoms with van der Waals surface area (Å²) in [4.78, 5) is 26.0. The fourth-order valence-corrected chi connectivity index (χ4v) is 3.87. The predicted molar refractivity (Wildman–Crippen MR) is 109 cm³/mol. The van der Waals surface area contributed by atoms with Crippen LogP contribution in [0.4, 0.5) is 29.3 Å². The number of nitrogens with zero attached hydrogens (tertiary/aromatic N) is 3. The van der Waals surface area contributed by atoms with Gasteiger partial charge in [0.15, 0.2) is 0 Å². The molecule has 0 aromatic heterocycles. The Bertz CT molecular complexity index is 814. The molecule has 8 nitrogen and oxygen atoms in total. The van der Waals surface area contributed by atoms with Crippen LogP contribution < -0.4 is 10.2 Å². The monoisotopic (exact) mass is 496 g/mol. The lowest BCUT2D eigenvalue weighted by atomic mass is 10.1. The Morgan fingerprint density at radius 3 is 2.47 bits per heavy atom. The zero-order valence-electron chi connectivity index (χ0n) is 17.0. The molecule has 0 bridgehead atoms. The number of rotatable bonds is 4. The Balaban J connectivity index is 2.46. The van der Waals surface area contributed by atoms with Gasteiger partial charge in [-0.3, -0.25) is 10.1 Å². The van der Waals surface area contributed by atoms with Crippen molar-refractivity contribution in [3.8, 4) is 0 Å². The van der Waals surface area contributed by atoms with Crippen molar-refractivity contribution in [2.45, 2.75) is 38.6 Å². The van der Waals surface area contributed by atoms with Gasteiger partial charge in [0.05, 0.1) is 11.0 Å². The second kappa shape index (κ2) is 8.96. The van der Waals surface area contributed by atoms with Crippen molar-refractivity contribution < 1.29 is 27.6 Å². The molecule has 1 aliphatic rings. The van der Waals surface area contributed by atoms with Crippen LogP contribution in [-0.2, 0) is 10.9 Å². The maximum atomic E-state index is 13.8. The van der Waals surface area contributed by atoms with Gasteiger partial charge < -0.3 is 19.9 Å². The molecule has 0 spiro atoms. The van der Waals surface area contributed by atoms with Gasteiger partial charge in [-0.1, -0.05) is 15.9 Å². The summed E-state index contributed by atoms with van der Waals surface area (Å²) >= 11 is 2.88. The topological polar surface area (TPSA) is 88.0 Å². The molecule has 168 valence electrons. The van der Waals surface area contributed by atoms with Crippen molar-refractivity contribution in [2.75, 3.05) is 38.1 Å². The zero-order chi connectivity index (χ0) is 22.9. The summed E-state index contributed by atoms with van der Waals surface area (Å²) in [5.74, 6) is 0. The van der Waals surface area contributed by atoms with Crippen molar-refractivity contribution in [3.63, 3.8) is 0 Å². The molecule has 0 unspecified atom stereocenters. The standard InChI is InChI=1S/C18H24BrF3N4O4/c1-17(2,3)30-16(27)25-8-7-24(10-11(25)9-23-4)15-13(26(28)29)6-5-12(19)14(15)18(20,21)22/h5-6,11,23H,7-10H2,1-4H3/t11-/m0/s1. The Morgan fingerprint density at radius 1 is 1.33 bits per heavy atom. The molecule has 12 heteroatoms. The molecule has 1 saturated heterocycles. The first-order valence-corrected chi connectivity index (χ1v) is 9.98. The summed E-state index contributed by atoms with van der Waals surface area (Å²) in [5.41, 5.74) is -2.98. The Morgan fingerprint density at radius 2 is 1.97 bits per heavy atom. The zero-order valence-corrected chi connectivity index (χ0v) is 18.6. The summed E-state index contributed by atoms with van der Waals surface area (Å²) in [6.07, 6.45) is -5.39. The lowest BCUT2D eigenvalue weighted by Gasteiger charge is -2.43. The molecule has 1 amide bonds. The molecule has 2 rings (SSSR count). The van der Waals surface area contributed by atoms with Crippen molar-refractivity contribution in [1.82, 2.24) is 10.2 Å². The van der Waals surface area contributed by atoms with E-state index in [1.165, 1.54) is 9.80 Å². The summed E-state index contributed by atoms with van der Waals surface area (Å²) in [6, 6.07) is 1.52. The van der Waals surface area contributed by atoms with Crippen molar-refractivity contribution in [1.29, 1.82) is 0 Å². The highest BCUT2D eigenvalue weighted by Gasteiger charge is 2.43. The second-order valence-corrected chi connectivity index (χ2v) is 8.73. The number of benzene rings is 1. The third-order valence-electron chi connectivity index (χ3n) is 4.45. The Hall–Kier alpha value is -2.08. The van der Waals surface area contributed by atoms with Crippen LogP contribution in [0.2, 0.25) is 0 Å². The molecule has 1 fully saturated rings. The van der Waals surface area contributed by atoms with Crippen LogP contribution in [0, 0.1) is 10.1 Å². The molecule has 30 heavy (non-hydrogen) atoms. The number of halogens is 4. The number of hydrogen-bond donors (Lipinski definition) is 1. The normalized spacial score (nSPS) is 17.8. The van der Waals surface area contributed by atoms with E-state index in [4.69, 9.17) is 4.74 Å². The number of anilines is 1. The minimum absolute atomic E-state index is 0.0141. The molecule has 1 aliphatic heterocycles.